The molecule has 0 spiro atoms. The Morgan fingerprint density at radius 1 is 1.24 bits per heavy atom. The Morgan fingerprint density at radius 2 is 2.06 bits per heavy atom. The molecule has 0 saturated carbocycles. The number of benzene rings is 1. The first-order chi connectivity index (χ1) is 8.28. The fraction of sp³-hybridized carbons (Fsp3) is 0.231. The summed E-state index contributed by atoms with van der Waals surface area (Å²) in [6, 6.07) is 12.4. The third-order valence-corrected chi connectivity index (χ3v) is 3.75. The lowest BCUT2D eigenvalue weighted by Crippen LogP contribution is -2.03. The van der Waals surface area contributed by atoms with Crippen molar-refractivity contribution in [3.63, 3.8) is 0 Å². The summed E-state index contributed by atoms with van der Waals surface area (Å²) in [4.78, 5) is 1.24. The van der Waals surface area contributed by atoms with E-state index in [0.717, 1.165) is 28.3 Å². The van der Waals surface area contributed by atoms with Gasteiger partial charge in [0.05, 0.1) is 12.3 Å². The highest BCUT2D eigenvalue weighted by molar-refractivity contribution is 9.10. The molecule has 2 aromatic rings. The SMILES string of the molecule is CNCc1ccc(CSc2cccc(Br)c2)o1. The molecule has 0 aliphatic heterocycles. The minimum absolute atomic E-state index is 0.779. The Kier molecular flexibility index (Phi) is 4.71. The first kappa shape index (κ1) is 12.7. The van der Waals surface area contributed by atoms with E-state index < -0.39 is 0 Å². The Labute approximate surface area is 114 Å². The lowest BCUT2D eigenvalue weighted by molar-refractivity contribution is 0.469. The van der Waals surface area contributed by atoms with Crippen LogP contribution < -0.4 is 5.32 Å². The molecule has 0 atom stereocenters. The molecule has 1 aromatic heterocycles. The number of thioether (sulfide) groups is 1. The molecule has 0 bridgehead atoms. The summed E-state index contributed by atoms with van der Waals surface area (Å²) >= 11 is 5.24. The number of halogens is 1. The highest BCUT2D eigenvalue weighted by Gasteiger charge is 2.02. The van der Waals surface area contributed by atoms with Crippen molar-refractivity contribution >= 4 is 27.7 Å². The van der Waals surface area contributed by atoms with E-state index in [0.29, 0.717) is 0 Å². The molecule has 0 amide bonds. The van der Waals surface area contributed by atoms with Gasteiger partial charge in [-0.15, -0.1) is 11.8 Å². The topological polar surface area (TPSA) is 25.2 Å². The predicted molar refractivity (Wildman–Crippen MR) is 75.2 cm³/mol. The van der Waals surface area contributed by atoms with Crippen LogP contribution >= 0.6 is 27.7 Å². The van der Waals surface area contributed by atoms with Gasteiger partial charge in [0.15, 0.2) is 0 Å². The molecule has 0 aliphatic rings. The van der Waals surface area contributed by atoms with Crippen LogP contribution in [0.15, 0.2) is 50.2 Å². The summed E-state index contributed by atoms with van der Waals surface area (Å²) < 4.78 is 6.79. The number of hydrogen-bond donors (Lipinski definition) is 1. The van der Waals surface area contributed by atoms with Crippen LogP contribution in [0.25, 0.3) is 0 Å². The summed E-state index contributed by atoms with van der Waals surface area (Å²) in [5.41, 5.74) is 0. The molecule has 2 rings (SSSR count). The van der Waals surface area contributed by atoms with E-state index in [2.05, 4.69) is 33.4 Å². The van der Waals surface area contributed by atoms with Crippen LogP contribution in [-0.2, 0) is 12.3 Å². The highest BCUT2D eigenvalue weighted by Crippen LogP contribution is 2.26. The summed E-state index contributed by atoms with van der Waals surface area (Å²) in [6.07, 6.45) is 0. The molecular formula is C13H14BrNOS. The zero-order valence-corrected chi connectivity index (χ0v) is 12.0. The minimum Gasteiger partial charge on any atom is -0.464 e. The lowest BCUT2D eigenvalue weighted by Gasteiger charge is -2.00. The van der Waals surface area contributed by atoms with E-state index in [1.54, 1.807) is 11.8 Å². The van der Waals surface area contributed by atoms with Crippen molar-refractivity contribution < 1.29 is 4.42 Å². The lowest BCUT2D eigenvalue weighted by atomic mass is 10.4. The van der Waals surface area contributed by atoms with Gasteiger partial charge in [0.1, 0.15) is 11.5 Å². The Balaban J connectivity index is 1.93. The monoisotopic (exact) mass is 311 g/mol. The van der Waals surface area contributed by atoms with Crippen LogP contribution in [-0.4, -0.2) is 7.05 Å². The molecule has 1 aromatic carbocycles. The summed E-state index contributed by atoms with van der Waals surface area (Å²) in [6.45, 7) is 0.779. The Bertz CT molecular complexity index is 484. The van der Waals surface area contributed by atoms with Crippen molar-refractivity contribution in [3.8, 4) is 0 Å². The third-order valence-electron chi connectivity index (χ3n) is 2.25. The molecule has 0 radical (unpaired) electrons. The second kappa shape index (κ2) is 6.28. The van der Waals surface area contributed by atoms with Crippen LogP contribution in [0.3, 0.4) is 0 Å². The van der Waals surface area contributed by atoms with Crippen molar-refractivity contribution in [1.82, 2.24) is 5.32 Å². The molecule has 0 saturated heterocycles. The standard InChI is InChI=1S/C13H14BrNOS/c1-15-8-11-5-6-12(16-11)9-17-13-4-2-3-10(14)7-13/h2-7,15H,8-9H2,1H3. The fourth-order valence-electron chi connectivity index (χ4n) is 1.48. The molecule has 0 fully saturated rings. The van der Waals surface area contributed by atoms with Gasteiger partial charge in [-0.2, -0.15) is 0 Å². The molecule has 90 valence electrons. The normalized spacial score (nSPS) is 10.7. The van der Waals surface area contributed by atoms with Crippen molar-refractivity contribution in [2.75, 3.05) is 7.05 Å². The molecule has 1 N–H and O–H groups in total. The Hall–Kier alpha value is -0.710. The van der Waals surface area contributed by atoms with Crippen LogP contribution in [0.2, 0.25) is 0 Å². The number of rotatable bonds is 5. The van der Waals surface area contributed by atoms with Gasteiger partial charge in [-0.1, -0.05) is 22.0 Å². The first-order valence-electron chi connectivity index (χ1n) is 5.38. The molecule has 17 heavy (non-hydrogen) atoms. The van der Waals surface area contributed by atoms with E-state index >= 15 is 0 Å². The maximum Gasteiger partial charge on any atom is 0.117 e. The van der Waals surface area contributed by atoms with Gasteiger partial charge in [0.25, 0.3) is 0 Å². The van der Waals surface area contributed by atoms with Crippen molar-refractivity contribution in [3.05, 3.63) is 52.4 Å². The van der Waals surface area contributed by atoms with Crippen molar-refractivity contribution in [2.45, 2.75) is 17.2 Å². The van der Waals surface area contributed by atoms with Crippen LogP contribution in [0.4, 0.5) is 0 Å². The van der Waals surface area contributed by atoms with Gasteiger partial charge in [0.2, 0.25) is 0 Å². The largest absolute Gasteiger partial charge is 0.464 e. The molecule has 4 heteroatoms. The van der Waals surface area contributed by atoms with Gasteiger partial charge in [-0.05, 0) is 37.4 Å². The second-order valence-electron chi connectivity index (χ2n) is 3.64. The smallest absolute Gasteiger partial charge is 0.117 e. The molecule has 0 unspecified atom stereocenters. The average Bonchev–Trinajstić information content (AvgIpc) is 2.75. The average molecular weight is 312 g/mol. The maximum atomic E-state index is 5.68. The van der Waals surface area contributed by atoms with Crippen LogP contribution in [0, 0.1) is 0 Å². The van der Waals surface area contributed by atoms with E-state index in [1.165, 1.54) is 4.90 Å². The van der Waals surface area contributed by atoms with E-state index in [-0.39, 0.29) is 0 Å². The molecule has 1 heterocycles. The van der Waals surface area contributed by atoms with E-state index in [1.807, 2.05) is 31.3 Å². The van der Waals surface area contributed by atoms with Gasteiger partial charge in [-0.25, -0.2) is 0 Å². The summed E-state index contributed by atoms with van der Waals surface area (Å²) in [5, 5.41) is 3.07. The van der Waals surface area contributed by atoms with Crippen molar-refractivity contribution in [2.24, 2.45) is 0 Å². The quantitative estimate of drug-likeness (QED) is 0.843. The van der Waals surface area contributed by atoms with Gasteiger partial charge in [-0.3, -0.25) is 0 Å². The highest BCUT2D eigenvalue weighted by atomic mass is 79.9. The van der Waals surface area contributed by atoms with Crippen LogP contribution in [0.5, 0.6) is 0 Å². The zero-order chi connectivity index (χ0) is 12.1. The number of furan rings is 1. The molecule has 2 nitrogen and oxygen atoms in total. The third kappa shape index (κ3) is 3.91. The summed E-state index contributed by atoms with van der Waals surface area (Å²) in [5.74, 6) is 2.86. The minimum atomic E-state index is 0.779. The number of hydrogen-bond acceptors (Lipinski definition) is 3. The predicted octanol–water partition coefficient (Wildman–Crippen LogP) is 4.05. The van der Waals surface area contributed by atoms with Crippen LogP contribution in [0.1, 0.15) is 11.5 Å². The van der Waals surface area contributed by atoms with E-state index in [4.69, 9.17) is 4.42 Å². The van der Waals surface area contributed by atoms with Crippen molar-refractivity contribution in [1.29, 1.82) is 0 Å². The fourth-order valence-corrected chi connectivity index (χ4v) is 2.88. The summed E-state index contributed by atoms with van der Waals surface area (Å²) in [7, 11) is 1.92. The molecule has 0 aliphatic carbocycles. The zero-order valence-electron chi connectivity index (χ0n) is 9.57. The van der Waals surface area contributed by atoms with Gasteiger partial charge in [0, 0.05) is 9.37 Å². The van der Waals surface area contributed by atoms with Gasteiger partial charge >= 0.3 is 0 Å². The first-order valence-corrected chi connectivity index (χ1v) is 7.16. The number of nitrogens with one attached hydrogen (secondary N) is 1. The second-order valence-corrected chi connectivity index (χ2v) is 5.61. The van der Waals surface area contributed by atoms with E-state index in [9.17, 15) is 0 Å². The maximum absolute atomic E-state index is 5.68. The Morgan fingerprint density at radius 3 is 2.82 bits per heavy atom. The van der Waals surface area contributed by atoms with Gasteiger partial charge < -0.3 is 9.73 Å². The molecular weight excluding hydrogens is 298 g/mol.